The fourth-order valence-corrected chi connectivity index (χ4v) is 3.73. The molecular weight excluding hydrogens is 286 g/mol. The molecule has 0 aliphatic heterocycles. The van der Waals surface area contributed by atoms with E-state index in [0.717, 1.165) is 31.9 Å². The Morgan fingerprint density at radius 1 is 1.35 bits per heavy atom. The second kappa shape index (κ2) is 7.88. The molecule has 20 heavy (non-hydrogen) atoms. The highest BCUT2D eigenvalue weighted by atomic mass is 32.1. The maximum absolute atomic E-state index is 4.34. The van der Waals surface area contributed by atoms with Gasteiger partial charge in [0.2, 0.25) is 0 Å². The van der Waals surface area contributed by atoms with Crippen molar-refractivity contribution in [3.05, 3.63) is 38.0 Å². The van der Waals surface area contributed by atoms with Crippen LogP contribution in [0.3, 0.4) is 0 Å². The summed E-state index contributed by atoms with van der Waals surface area (Å²) in [5, 5.41) is 5.59. The molecule has 2 rings (SSSR count). The molecule has 0 unspecified atom stereocenters. The Labute approximate surface area is 129 Å². The number of aromatic nitrogens is 1. The smallest absolute Gasteiger partial charge is 0.0795 e. The first kappa shape index (κ1) is 15.6. The average molecular weight is 310 g/mol. The lowest BCUT2D eigenvalue weighted by molar-refractivity contribution is 0.315. The zero-order chi connectivity index (χ0) is 14.4. The van der Waals surface area contributed by atoms with Crippen molar-refractivity contribution in [3.8, 4) is 0 Å². The number of nitrogens with zero attached hydrogens (tertiary/aromatic N) is 2. The number of nitrogens with one attached hydrogen (secondary N) is 1. The molecule has 0 spiro atoms. The summed E-state index contributed by atoms with van der Waals surface area (Å²) in [6.07, 6.45) is 1.19. The summed E-state index contributed by atoms with van der Waals surface area (Å²) >= 11 is 3.57. The summed E-state index contributed by atoms with van der Waals surface area (Å²) in [6, 6.07) is 2.35. The minimum Gasteiger partial charge on any atom is -0.312 e. The van der Waals surface area contributed by atoms with E-state index in [0.29, 0.717) is 0 Å². The molecule has 1 N–H and O–H groups in total. The molecule has 0 saturated carbocycles. The number of hydrogen-bond donors (Lipinski definition) is 1. The highest BCUT2D eigenvalue weighted by molar-refractivity contribution is 7.12. The molecule has 3 nitrogen and oxygen atoms in total. The van der Waals surface area contributed by atoms with Crippen molar-refractivity contribution < 1.29 is 0 Å². The lowest BCUT2D eigenvalue weighted by Gasteiger charge is -2.14. The molecule has 0 atom stereocenters. The highest BCUT2D eigenvalue weighted by Gasteiger charge is 2.09. The lowest BCUT2D eigenvalue weighted by Crippen LogP contribution is -2.17. The Morgan fingerprint density at radius 2 is 2.20 bits per heavy atom. The van der Waals surface area contributed by atoms with Crippen molar-refractivity contribution in [2.75, 3.05) is 13.6 Å². The fraction of sp³-hybridized carbons (Fsp3) is 0.533. The summed E-state index contributed by atoms with van der Waals surface area (Å²) in [7, 11) is 2.16. The third kappa shape index (κ3) is 4.66. The van der Waals surface area contributed by atoms with Crippen molar-refractivity contribution in [1.29, 1.82) is 0 Å². The van der Waals surface area contributed by atoms with E-state index < -0.39 is 0 Å². The van der Waals surface area contributed by atoms with Crippen LogP contribution >= 0.6 is 22.7 Å². The molecule has 0 aromatic carbocycles. The van der Waals surface area contributed by atoms with Crippen molar-refractivity contribution in [1.82, 2.24) is 15.2 Å². The SMILES string of the molecule is CCCNCc1cc(CN(C)Cc2cscn2)c(C)s1. The van der Waals surface area contributed by atoms with Gasteiger partial charge in [0.15, 0.2) is 0 Å². The van der Waals surface area contributed by atoms with Crippen LogP contribution in [0.25, 0.3) is 0 Å². The number of rotatable bonds is 8. The Bertz CT molecular complexity index is 505. The van der Waals surface area contributed by atoms with E-state index in [1.807, 2.05) is 16.8 Å². The van der Waals surface area contributed by atoms with Gasteiger partial charge in [-0.2, -0.15) is 0 Å². The summed E-state index contributed by atoms with van der Waals surface area (Å²) < 4.78 is 0. The Kier molecular flexibility index (Phi) is 6.16. The molecule has 5 heteroatoms. The summed E-state index contributed by atoms with van der Waals surface area (Å²) in [4.78, 5) is 9.54. The zero-order valence-corrected chi connectivity index (χ0v) is 14.1. The second-order valence-electron chi connectivity index (χ2n) is 5.12. The summed E-state index contributed by atoms with van der Waals surface area (Å²) in [5.41, 5.74) is 4.51. The van der Waals surface area contributed by atoms with Crippen LogP contribution in [0.1, 0.15) is 34.4 Å². The second-order valence-corrected chi connectivity index (χ2v) is 7.18. The van der Waals surface area contributed by atoms with E-state index in [2.05, 4.69) is 47.5 Å². The van der Waals surface area contributed by atoms with E-state index in [-0.39, 0.29) is 0 Å². The van der Waals surface area contributed by atoms with Gasteiger partial charge in [-0.15, -0.1) is 22.7 Å². The largest absolute Gasteiger partial charge is 0.312 e. The van der Waals surface area contributed by atoms with Crippen LogP contribution in [0, 0.1) is 6.92 Å². The zero-order valence-electron chi connectivity index (χ0n) is 12.5. The van der Waals surface area contributed by atoms with E-state index in [9.17, 15) is 0 Å². The molecule has 0 fully saturated rings. The molecule has 0 bridgehead atoms. The number of hydrogen-bond acceptors (Lipinski definition) is 5. The van der Waals surface area contributed by atoms with Crippen LogP contribution in [0.4, 0.5) is 0 Å². The predicted molar refractivity (Wildman–Crippen MR) is 88.3 cm³/mol. The first-order chi connectivity index (χ1) is 9.69. The van der Waals surface area contributed by atoms with Gasteiger partial charge >= 0.3 is 0 Å². The third-order valence-electron chi connectivity index (χ3n) is 3.15. The summed E-state index contributed by atoms with van der Waals surface area (Å²) in [5.74, 6) is 0. The van der Waals surface area contributed by atoms with Crippen LogP contribution in [0.15, 0.2) is 17.0 Å². The number of thiophene rings is 1. The van der Waals surface area contributed by atoms with Gasteiger partial charge in [0.1, 0.15) is 0 Å². The Hall–Kier alpha value is -0.750. The molecule has 110 valence electrons. The molecule has 0 radical (unpaired) electrons. The average Bonchev–Trinajstić information content (AvgIpc) is 3.01. The van der Waals surface area contributed by atoms with E-state index >= 15 is 0 Å². The maximum atomic E-state index is 4.34. The van der Waals surface area contributed by atoms with Gasteiger partial charge in [-0.25, -0.2) is 4.98 Å². The molecule has 0 saturated heterocycles. The predicted octanol–water partition coefficient (Wildman–Crippen LogP) is 3.64. The first-order valence-corrected chi connectivity index (χ1v) is 8.79. The van der Waals surface area contributed by atoms with Crippen LogP contribution < -0.4 is 5.32 Å². The Morgan fingerprint density at radius 3 is 2.90 bits per heavy atom. The molecule has 2 heterocycles. The monoisotopic (exact) mass is 309 g/mol. The summed E-state index contributed by atoms with van der Waals surface area (Å²) in [6.45, 7) is 8.42. The van der Waals surface area contributed by atoms with E-state index in [1.165, 1.54) is 21.7 Å². The van der Waals surface area contributed by atoms with Crippen molar-refractivity contribution in [2.24, 2.45) is 0 Å². The standard InChI is InChI=1S/C15H23N3S2/c1-4-5-16-7-15-6-13(12(2)20-15)8-18(3)9-14-10-19-11-17-14/h6,10-11,16H,4-5,7-9H2,1-3H3. The highest BCUT2D eigenvalue weighted by Crippen LogP contribution is 2.23. The van der Waals surface area contributed by atoms with Gasteiger partial charge in [-0.3, -0.25) is 4.90 Å². The lowest BCUT2D eigenvalue weighted by atomic mass is 10.2. The van der Waals surface area contributed by atoms with Crippen LogP contribution in [0.2, 0.25) is 0 Å². The van der Waals surface area contributed by atoms with Gasteiger partial charge < -0.3 is 5.32 Å². The Balaban J connectivity index is 1.88. The van der Waals surface area contributed by atoms with Crippen LogP contribution in [-0.2, 0) is 19.6 Å². The first-order valence-electron chi connectivity index (χ1n) is 7.03. The molecular formula is C15H23N3S2. The maximum Gasteiger partial charge on any atom is 0.0795 e. The minimum atomic E-state index is 0.919. The topological polar surface area (TPSA) is 28.2 Å². The van der Waals surface area contributed by atoms with Gasteiger partial charge in [0, 0.05) is 34.8 Å². The molecule has 0 amide bonds. The van der Waals surface area contributed by atoms with Gasteiger partial charge in [-0.1, -0.05) is 6.92 Å². The van der Waals surface area contributed by atoms with Crippen molar-refractivity contribution in [2.45, 2.75) is 39.9 Å². The molecule has 0 aliphatic carbocycles. The fourth-order valence-electron chi connectivity index (χ4n) is 2.16. The van der Waals surface area contributed by atoms with Gasteiger partial charge in [0.05, 0.1) is 11.2 Å². The van der Waals surface area contributed by atoms with E-state index in [4.69, 9.17) is 0 Å². The van der Waals surface area contributed by atoms with Gasteiger partial charge in [0.25, 0.3) is 0 Å². The molecule has 2 aromatic rings. The van der Waals surface area contributed by atoms with Crippen LogP contribution in [-0.4, -0.2) is 23.5 Å². The normalized spacial score (nSPS) is 11.4. The number of thiazole rings is 1. The third-order valence-corrected chi connectivity index (χ3v) is 4.88. The van der Waals surface area contributed by atoms with Gasteiger partial charge in [-0.05, 0) is 38.6 Å². The van der Waals surface area contributed by atoms with Crippen LogP contribution in [0.5, 0.6) is 0 Å². The minimum absolute atomic E-state index is 0.919. The molecule has 2 aromatic heterocycles. The molecule has 0 aliphatic rings. The van der Waals surface area contributed by atoms with E-state index in [1.54, 1.807) is 11.3 Å². The number of aryl methyl sites for hydroxylation is 1. The van der Waals surface area contributed by atoms with Crippen molar-refractivity contribution in [3.63, 3.8) is 0 Å². The quantitative estimate of drug-likeness (QED) is 0.755. The van der Waals surface area contributed by atoms with Crippen molar-refractivity contribution >= 4 is 22.7 Å².